The standard InChI is InChI=1S/C7H9F3N2O/c1-4(2)5(3-11)12-6(13)7(8,9)10/h4-5H,1-2H3,(H,12,13). The molecule has 0 radical (unpaired) electrons. The Labute approximate surface area is 73.5 Å². The van der Waals surface area contributed by atoms with E-state index in [0.29, 0.717) is 0 Å². The van der Waals surface area contributed by atoms with Gasteiger partial charge < -0.3 is 5.32 Å². The summed E-state index contributed by atoms with van der Waals surface area (Å²) in [5.74, 6) is -2.43. The fourth-order valence-electron chi connectivity index (χ4n) is 0.571. The van der Waals surface area contributed by atoms with Crippen LogP contribution in [0.25, 0.3) is 0 Å². The van der Waals surface area contributed by atoms with Gasteiger partial charge in [0.15, 0.2) is 0 Å². The maximum Gasteiger partial charge on any atom is 0.471 e. The van der Waals surface area contributed by atoms with Crippen molar-refractivity contribution in [1.29, 1.82) is 5.26 Å². The van der Waals surface area contributed by atoms with Gasteiger partial charge >= 0.3 is 12.1 Å². The molecule has 0 heterocycles. The minimum atomic E-state index is -4.93. The molecule has 0 saturated heterocycles. The number of hydrogen-bond acceptors (Lipinski definition) is 2. The highest BCUT2D eigenvalue weighted by Crippen LogP contribution is 2.15. The smallest absolute Gasteiger partial charge is 0.332 e. The minimum absolute atomic E-state index is 0.351. The van der Waals surface area contributed by atoms with E-state index in [0.717, 1.165) is 0 Å². The van der Waals surface area contributed by atoms with Gasteiger partial charge in [0.1, 0.15) is 6.04 Å². The number of rotatable bonds is 2. The lowest BCUT2D eigenvalue weighted by Gasteiger charge is -2.15. The lowest BCUT2D eigenvalue weighted by Crippen LogP contribution is -2.44. The maximum atomic E-state index is 11.7. The molecule has 0 aromatic heterocycles. The van der Waals surface area contributed by atoms with Crippen molar-refractivity contribution >= 4 is 5.91 Å². The third-order valence-electron chi connectivity index (χ3n) is 1.35. The molecule has 1 unspecified atom stereocenters. The monoisotopic (exact) mass is 194 g/mol. The molecule has 0 aromatic rings. The summed E-state index contributed by atoms with van der Waals surface area (Å²) >= 11 is 0. The molecule has 0 fully saturated rings. The number of nitrogens with zero attached hydrogens (tertiary/aromatic N) is 1. The Bertz CT molecular complexity index is 229. The molecule has 1 amide bonds. The van der Waals surface area contributed by atoms with Gasteiger partial charge in [-0.25, -0.2) is 0 Å². The lowest BCUT2D eigenvalue weighted by molar-refractivity contribution is -0.174. The van der Waals surface area contributed by atoms with E-state index in [-0.39, 0.29) is 5.92 Å². The zero-order valence-electron chi connectivity index (χ0n) is 7.14. The second-order valence-electron chi connectivity index (χ2n) is 2.82. The number of halogens is 3. The third-order valence-corrected chi connectivity index (χ3v) is 1.35. The van der Waals surface area contributed by atoms with Crippen molar-refractivity contribution < 1.29 is 18.0 Å². The average molecular weight is 194 g/mol. The van der Waals surface area contributed by atoms with Crippen LogP contribution in [0.4, 0.5) is 13.2 Å². The Morgan fingerprint density at radius 3 is 2.15 bits per heavy atom. The van der Waals surface area contributed by atoms with E-state index in [1.807, 2.05) is 0 Å². The van der Waals surface area contributed by atoms with Crippen LogP contribution in [-0.4, -0.2) is 18.1 Å². The molecule has 0 aromatic carbocycles. The first-order valence-corrected chi connectivity index (χ1v) is 3.56. The van der Waals surface area contributed by atoms with Crippen molar-refractivity contribution in [1.82, 2.24) is 5.32 Å². The number of nitrogens with one attached hydrogen (secondary N) is 1. The molecular formula is C7H9F3N2O. The topological polar surface area (TPSA) is 52.9 Å². The molecule has 1 atom stereocenters. The van der Waals surface area contributed by atoms with E-state index in [1.54, 1.807) is 25.2 Å². The van der Waals surface area contributed by atoms with Crippen LogP contribution < -0.4 is 5.32 Å². The molecule has 0 spiro atoms. The largest absolute Gasteiger partial charge is 0.471 e. The second-order valence-corrected chi connectivity index (χ2v) is 2.82. The zero-order valence-corrected chi connectivity index (χ0v) is 7.14. The predicted octanol–water partition coefficient (Wildman–Crippen LogP) is 1.21. The van der Waals surface area contributed by atoms with Crippen LogP contribution in [0.5, 0.6) is 0 Å². The van der Waals surface area contributed by atoms with Crippen molar-refractivity contribution in [2.24, 2.45) is 5.92 Å². The summed E-state index contributed by atoms with van der Waals surface area (Å²) in [5, 5.41) is 9.96. The number of amides is 1. The van der Waals surface area contributed by atoms with Crippen LogP contribution in [0.2, 0.25) is 0 Å². The van der Waals surface area contributed by atoms with Gasteiger partial charge in [-0.2, -0.15) is 18.4 Å². The van der Waals surface area contributed by atoms with Crippen molar-refractivity contribution in [3.05, 3.63) is 0 Å². The Kier molecular flexibility index (Phi) is 3.72. The molecule has 1 N–H and O–H groups in total. The molecule has 0 rings (SSSR count). The molecule has 0 aliphatic rings. The van der Waals surface area contributed by atoms with Crippen LogP contribution in [-0.2, 0) is 4.79 Å². The van der Waals surface area contributed by atoms with Crippen molar-refractivity contribution in [3.8, 4) is 6.07 Å². The number of nitriles is 1. The first-order chi connectivity index (χ1) is 5.79. The molecular weight excluding hydrogens is 185 g/mol. The molecule has 3 nitrogen and oxygen atoms in total. The van der Waals surface area contributed by atoms with Crippen LogP contribution in [0.15, 0.2) is 0 Å². The zero-order chi connectivity index (χ0) is 10.6. The molecule has 74 valence electrons. The fourth-order valence-corrected chi connectivity index (χ4v) is 0.571. The quantitative estimate of drug-likeness (QED) is 0.718. The molecule has 13 heavy (non-hydrogen) atoms. The highest BCUT2D eigenvalue weighted by Gasteiger charge is 2.40. The Balaban J connectivity index is 4.29. The Hall–Kier alpha value is -1.25. The summed E-state index contributed by atoms with van der Waals surface area (Å²) in [7, 11) is 0. The normalized spacial score (nSPS) is 13.6. The summed E-state index contributed by atoms with van der Waals surface area (Å²) in [6, 6.07) is 0.470. The van der Waals surface area contributed by atoms with E-state index in [2.05, 4.69) is 0 Å². The molecule has 0 bridgehead atoms. The predicted molar refractivity (Wildman–Crippen MR) is 38.4 cm³/mol. The third kappa shape index (κ3) is 3.78. The SMILES string of the molecule is CC(C)C(C#N)NC(=O)C(F)(F)F. The number of carbonyl (C=O) groups is 1. The van der Waals surface area contributed by atoms with Crippen molar-refractivity contribution in [2.45, 2.75) is 26.1 Å². The van der Waals surface area contributed by atoms with Crippen LogP contribution in [0.3, 0.4) is 0 Å². The van der Waals surface area contributed by atoms with E-state index in [9.17, 15) is 18.0 Å². The summed E-state index contributed by atoms with van der Waals surface area (Å²) in [6.45, 7) is 3.09. The summed E-state index contributed by atoms with van der Waals surface area (Å²) < 4.78 is 35.1. The summed E-state index contributed by atoms with van der Waals surface area (Å²) in [4.78, 5) is 10.4. The average Bonchev–Trinajstić information content (AvgIpc) is 1.96. The van der Waals surface area contributed by atoms with E-state index >= 15 is 0 Å². The fraction of sp³-hybridized carbons (Fsp3) is 0.714. The maximum absolute atomic E-state index is 11.7. The van der Waals surface area contributed by atoms with Gasteiger partial charge in [-0.05, 0) is 5.92 Å². The van der Waals surface area contributed by atoms with E-state index in [1.165, 1.54) is 0 Å². The van der Waals surface area contributed by atoms with Crippen molar-refractivity contribution in [2.75, 3.05) is 0 Å². The number of carbonyl (C=O) groups excluding carboxylic acids is 1. The van der Waals surface area contributed by atoms with Gasteiger partial charge in [-0.15, -0.1) is 0 Å². The van der Waals surface area contributed by atoms with Crippen molar-refractivity contribution in [3.63, 3.8) is 0 Å². The summed E-state index contributed by atoms with van der Waals surface area (Å²) in [6.07, 6.45) is -4.93. The molecule has 0 aliphatic carbocycles. The Morgan fingerprint density at radius 1 is 1.46 bits per heavy atom. The van der Waals surface area contributed by atoms with Gasteiger partial charge in [0.25, 0.3) is 0 Å². The van der Waals surface area contributed by atoms with Gasteiger partial charge in [0, 0.05) is 0 Å². The van der Waals surface area contributed by atoms with E-state index in [4.69, 9.17) is 5.26 Å². The second kappa shape index (κ2) is 4.12. The minimum Gasteiger partial charge on any atom is -0.332 e. The highest BCUT2D eigenvalue weighted by molar-refractivity contribution is 5.82. The van der Waals surface area contributed by atoms with E-state index < -0.39 is 18.1 Å². The van der Waals surface area contributed by atoms with Crippen LogP contribution >= 0.6 is 0 Å². The van der Waals surface area contributed by atoms with Gasteiger partial charge in [0.2, 0.25) is 0 Å². The first kappa shape index (κ1) is 11.8. The molecule has 0 saturated carbocycles. The molecule has 0 aliphatic heterocycles. The number of alkyl halides is 3. The van der Waals surface area contributed by atoms with Gasteiger partial charge in [-0.3, -0.25) is 4.79 Å². The van der Waals surface area contributed by atoms with Gasteiger partial charge in [-0.1, -0.05) is 13.8 Å². The van der Waals surface area contributed by atoms with Crippen LogP contribution in [0, 0.1) is 17.2 Å². The Morgan fingerprint density at radius 2 is 1.92 bits per heavy atom. The first-order valence-electron chi connectivity index (χ1n) is 3.56. The molecule has 6 heteroatoms. The summed E-state index contributed by atoms with van der Waals surface area (Å²) in [5.41, 5.74) is 0. The number of hydrogen-bond donors (Lipinski definition) is 1. The van der Waals surface area contributed by atoms with Gasteiger partial charge in [0.05, 0.1) is 6.07 Å². The van der Waals surface area contributed by atoms with Crippen LogP contribution in [0.1, 0.15) is 13.8 Å². The lowest BCUT2D eigenvalue weighted by atomic mass is 10.1. The highest BCUT2D eigenvalue weighted by atomic mass is 19.4.